The molecular formula is C28H36N4O. The average Bonchev–Trinajstić information content (AvgIpc) is 3.20. The summed E-state index contributed by atoms with van der Waals surface area (Å²) in [7, 11) is 0. The molecule has 0 bridgehead atoms. The molecule has 0 saturated heterocycles. The average molecular weight is 445 g/mol. The number of carbonyl (C=O) groups excluding carboxylic acids is 1. The van der Waals surface area contributed by atoms with Gasteiger partial charge in [-0.05, 0) is 81.1 Å². The van der Waals surface area contributed by atoms with E-state index in [2.05, 4.69) is 49.9 Å². The van der Waals surface area contributed by atoms with Crippen molar-refractivity contribution in [2.24, 2.45) is 11.3 Å². The molecule has 2 saturated carbocycles. The Morgan fingerprint density at radius 2 is 1.97 bits per heavy atom. The Bertz CT molecular complexity index is 1130. The van der Waals surface area contributed by atoms with Crippen molar-refractivity contribution in [3.8, 4) is 11.1 Å². The predicted octanol–water partition coefficient (Wildman–Crippen LogP) is 5.81. The molecule has 2 fully saturated rings. The second kappa shape index (κ2) is 8.58. The standard InChI is InChI=1S/C28H36N4O/c1-19(13-25-20(2)15-31(27(25)33)16-22-8-9-22)26-24(10-7-21(3)30-26)23-14-29-32(17-23)18-28(4)11-5-6-12-28/h7,10,13-14,17,22H,5-6,8-9,11-12,15-16,18H2,1-4H3/b19-13+. The third-order valence-corrected chi connectivity index (χ3v) is 7.65. The Hall–Kier alpha value is -2.69. The van der Waals surface area contributed by atoms with Gasteiger partial charge in [-0.25, -0.2) is 0 Å². The van der Waals surface area contributed by atoms with E-state index in [1.165, 1.54) is 38.5 Å². The van der Waals surface area contributed by atoms with E-state index in [1.54, 1.807) is 0 Å². The summed E-state index contributed by atoms with van der Waals surface area (Å²) in [5, 5.41) is 4.69. The first-order valence-corrected chi connectivity index (χ1v) is 12.5. The molecule has 0 radical (unpaired) electrons. The van der Waals surface area contributed by atoms with Crippen LogP contribution in [-0.4, -0.2) is 38.7 Å². The van der Waals surface area contributed by atoms with E-state index < -0.39 is 0 Å². The van der Waals surface area contributed by atoms with Crippen molar-refractivity contribution >= 4 is 11.5 Å². The van der Waals surface area contributed by atoms with Crippen LogP contribution in [0.1, 0.15) is 70.7 Å². The summed E-state index contributed by atoms with van der Waals surface area (Å²) in [5.74, 6) is 0.879. The number of aromatic nitrogens is 3. The second-order valence-electron chi connectivity index (χ2n) is 10.9. The third kappa shape index (κ3) is 4.68. The van der Waals surface area contributed by atoms with Gasteiger partial charge in [0, 0.05) is 48.2 Å². The number of nitrogens with zero attached hydrogens (tertiary/aromatic N) is 4. The Morgan fingerprint density at radius 3 is 2.70 bits per heavy atom. The van der Waals surface area contributed by atoms with Crippen LogP contribution in [0.4, 0.5) is 0 Å². The number of rotatable bonds is 7. The zero-order valence-electron chi connectivity index (χ0n) is 20.5. The van der Waals surface area contributed by atoms with Gasteiger partial charge in [-0.1, -0.05) is 25.8 Å². The highest BCUT2D eigenvalue weighted by Crippen LogP contribution is 2.39. The highest BCUT2D eigenvalue weighted by atomic mass is 16.2. The summed E-state index contributed by atoms with van der Waals surface area (Å²) in [6, 6.07) is 4.20. The van der Waals surface area contributed by atoms with E-state index in [0.29, 0.717) is 11.3 Å². The van der Waals surface area contributed by atoms with E-state index in [0.717, 1.165) is 58.9 Å². The number of allylic oxidation sites excluding steroid dienone is 1. The molecule has 174 valence electrons. The summed E-state index contributed by atoms with van der Waals surface area (Å²) in [6.45, 7) is 11.2. The molecule has 0 spiro atoms. The number of amides is 1. The zero-order valence-corrected chi connectivity index (χ0v) is 20.5. The maximum absolute atomic E-state index is 13.1. The Morgan fingerprint density at radius 1 is 1.21 bits per heavy atom. The van der Waals surface area contributed by atoms with Gasteiger partial charge in [0.25, 0.3) is 5.91 Å². The molecule has 1 amide bonds. The molecule has 3 aliphatic rings. The van der Waals surface area contributed by atoms with Crippen molar-refractivity contribution in [2.75, 3.05) is 13.1 Å². The molecule has 0 N–H and O–H groups in total. The maximum Gasteiger partial charge on any atom is 0.254 e. The van der Waals surface area contributed by atoms with Gasteiger partial charge in [0.1, 0.15) is 0 Å². The summed E-state index contributed by atoms with van der Waals surface area (Å²) in [6.07, 6.45) is 13.9. The fraction of sp³-hybridized carbons (Fsp3) is 0.536. The van der Waals surface area contributed by atoms with Crippen LogP contribution in [-0.2, 0) is 11.3 Å². The van der Waals surface area contributed by atoms with Gasteiger partial charge in [0.2, 0.25) is 0 Å². The van der Waals surface area contributed by atoms with Gasteiger partial charge in [-0.15, -0.1) is 0 Å². The normalized spacial score (nSPS) is 20.9. The van der Waals surface area contributed by atoms with Crippen molar-refractivity contribution in [3.63, 3.8) is 0 Å². The molecule has 3 heterocycles. The smallest absolute Gasteiger partial charge is 0.254 e. The van der Waals surface area contributed by atoms with E-state index in [9.17, 15) is 4.79 Å². The molecular weight excluding hydrogens is 408 g/mol. The van der Waals surface area contributed by atoms with Crippen LogP contribution in [0.15, 0.2) is 41.7 Å². The number of hydrogen-bond acceptors (Lipinski definition) is 3. The third-order valence-electron chi connectivity index (χ3n) is 7.65. The first-order chi connectivity index (χ1) is 15.8. The highest BCUT2D eigenvalue weighted by molar-refractivity contribution is 6.01. The molecule has 2 aliphatic carbocycles. The van der Waals surface area contributed by atoms with Crippen molar-refractivity contribution in [1.29, 1.82) is 0 Å². The van der Waals surface area contributed by atoms with Crippen LogP contribution < -0.4 is 0 Å². The lowest BCUT2D eigenvalue weighted by Crippen LogP contribution is -2.29. The molecule has 2 aromatic heterocycles. The molecule has 5 rings (SSSR count). The monoisotopic (exact) mass is 444 g/mol. The molecule has 1 aliphatic heterocycles. The molecule has 5 heteroatoms. The van der Waals surface area contributed by atoms with Crippen LogP contribution in [0.25, 0.3) is 16.7 Å². The lowest BCUT2D eigenvalue weighted by atomic mass is 9.89. The Labute approximate surface area is 197 Å². The Balaban J connectivity index is 1.42. The number of pyridine rings is 1. The van der Waals surface area contributed by atoms with E-state index in [1.807, 2.05) is 18.0 Å². The molecule has 2 aromatic rings. The van der Waals surface area contributed by atoms with Gasteiger partial charge < -0.3 is 4.90 Å². The van der Waals surface area contributed by atoms with E-state index in [-0.39, 0.29) is 5.91 Å². The molecule has 33 heavy (non-hydrogen) atoms. The Kier molecular flexibility index (Phi) is 5.75. The van der Waals surface area contributed by atoms with Gasteiger partial charge in [0.15, 0.2) is 0 Å². The molecule has 0 atom stereocenters. The molecule has 0 aromatic carbocycles. The number of carbonyl (C=O) groups is 1. The fourth-order valence-corrected chi connectivity index (χ4v) is 5.48. The summed E-state index contributed by atoms with van der Waals surface area (Å²) < 4.78 is 2.10. The lowest BCUT2D eigenvalue weighted by Gasteiger charge is -2.22. The number of aryl methyl sites for hydroxylation is 1. The summed E-state index contributed by atoms with van der Waals surface area (Å²) in [4.78, 5) is 20.0. The van der Waals surface area contributed by atoms with E-state index >= 15 is 0 Å². The van der Waals surface area contributed by atoms with Crippen molar-refractivity contribution in [2.45, 2.75) is 72.8 Å². The minimum Gasteiger partial charge on any atom is -0.334 e. The first-order valence-electron chi connectivity index (χ1n) is 12.5. The fourth-order valence-electron chi connectivity index (χ4n) is 5.48. The maximum atomic E-state index is 13.1. The molecule has 0 unspecified atom stereocenters. The van der Waals surface area contributed by atoms with E-state index in [4.69, 9.17) is 10.1 Å². The first kappa shape index (κ1) is 22.1. The van der Waals surface area contributed by atoms with Gasteiger partial charge in [-0.2, -0.15) is 5.10 Å². The topological polar surface area (TPSA) is 51.0 Å². The highest BCUT2D eigenvalue weighted by Gasteiger charge is 2.32. The van der Waals surface area contributed by atoms with Gasteiger partial charge in [-0.3, -0.25) is 14.5 Å². The molecule has 5 nitrogen and oxygen atoms in total. The van der Waals surface area contributed by atoms with Crippen LogP contribution in [0.3, 0.4) is 0 Å². The summed E-state index contributed by atoms with van der Waals surface area (Å²) >= 11 is 0. The van der Waals surface area contributed by atoms with Crippen molar-refractivity contribution in [1.82, 2.24) is 19.7 Å². The second-order valence-corrected chi connectivity index (χ2v) is 10.9. The van der Waals surface area contributed by atoms with Crippen LogP contribution in [0.5, 0.6) is 0 Å². The van der Waals surface area contributed by atoms with Gasteiger partial charge >= 0.3 is 0 Å². The van der Waals surface area contributed by atoms with Crippen molar-refractivity contribution < 1.29 is 4.79 Å². The minimum atomic E-state index is 0.172. The van der Waals surface area contributed by atoms with Crippen LogP contribution >= 0.6 is 0 Å². The summed E-state index contributed by atoms with van der Waals surface area (Å²) in [5.41, 5.74) is 7.47. The van der Waals surface area contributed by atoms with Crippen LogP contribution in [0.2, 0.25) is 0 Å². The zero-order chi connectivity index (χ0) is 23.2. The largest absolute Gasteiger partial charge is 0.334 e. The lowest BCUT2D eigenvalue weighted by molar-refractivity contribution is -0.125. The quantitative estimate of drug-likeness (QED) is 0.542. The minimum absolute atomic E-state index is 0.172. The van der Waals surface area contributed by atoms with Gasteiger partial charge in [0.05, 0.1) is 11.9 Å². The number of hydrogen-bond donors (Lipinski definition) is 0. The van der Waals surface area contributed by atoms with Crippen LogP contribution in [0, 0.1) is 18.3 Å². The van der Waals surface area contributed by atoms with Crippen molar-refractivity contribution in [3.05, 3.63) is 53.1 Å². The predicted molar refractivity (Wildman–Crippen MR) is 132 cm³/mol. The SMILES string of the molecule is CC1=C(/C=C(\C)c2nc(C)ccc2-c2cnn(CC3(C)CCCC3)c2)C(=O)N(CC2CC2)C1.